The summed E-state index contributed by atoms with van der Waals surface area (Å²) in [6, 6.07) is 1.54. The molecule has 88 valence electrons. The van der Waals surface area contributed by atoms with Crippen molar-refractivity contribution >= 4 is 12.8 Å². The Bertz CT molecular complexity index is 204. The normalized spacial score (nSPS) is 45.4. The summed E-state index contributed by atoms with van der Waals surface area (Å²) >= 11 is 4.87. The van der Waals surface area contributed by atoms with E-state index >= 15 is 0 Å². The molecule has 2 saturated heterocycles. The van der Waals surface area contributed by atoms with E-state index in [4.69, 9.17) is 17.6 Å². The third kappa shape index (κ3) is 2.34. The smallest absolute Gasteiger partial charge is 0.0997 e. The Morgan fingerprint density at radius 2 is 1.87 bits per heavy atom. The fourth-order valence-electron chi connectivity index (χ4n) is 3.36. The summed E-state index contributed by atoms with van der Waals surface area (Å²) in [5, 5.41) is 0. The number of quaternary nitrogens is 1. The molecule has 0 saturated carbocycles. The number of thiol groups is 1. The SMILES string of the molecule is CCOCC1CC2CCCC(C1)[N+]2(C)S. The molecule has 2 bridgehead atoms. The zero-order chi connectivity index (χ0) is 10.9. The Balaban J connectivity index is 1.96. The van der Waals surface area contributed by atoms with Crippen molar-refractivity contribution < 1.29 is 8.63 Å². The maximum Gasteiger partial charge on any atom is 0.0997 e. The maximum atomic E-state index is 5.57. The molecular formula is C12H24NOS+. The first-order chi connectivity index (χ1) is 7.14. The van der Waals surface area contributed by atoms with Crippen molar-refractivity contribution in [3.05, 3.63) is 0 Å². The quantitative estimate of drug-likeness (QED) is 0.579. The Kier molecular flexibility index (Phi) is 3.63. The molecular weight excluding hydrogens is 206 g/mol. The first kappa shape index (κ1) is 11.7. The van der Waals surface area contributed by atoms with Crippen LogP contribution in [0, 0.1) is 5.92 Å². The molecule has 2 heterocycles. The number of rotatable bonds is 3. The van der Waals surface area contributed by atoms with Gasteiger partial charge in [-0.05, 0) is 19.3 Å². The first-order valence-electron chi connectivity index (χ1n) is 6.31. The summed E-state index contributed by atoms with van der Waals surface area (Å²) in [4.78, 5) is 0. The van der Waals surface area contributed by atoms with Gasteiger partial charge >= 0.3 is 0 Å². The van der Waals surface area contributed by atoms with Gasteiger partial charge in [-0.3, -0.25) is 3.89 Å². The lowest BCUT2D eigenvalue weighted by atomic mass is 9.79. The Morgan fingerprint density at radius 1 is 1.27 bits per heavy atom. The van der Waals surface area contributed by atoms with E-state index in [1.807, 2.05) is 0 Å². The van der Waals surface area contributed by atoms with Crippen LogP contribution in [0.4, 0.5) is 0 Å². The lowest BCUT2D eigenvalue weighted by molar-refractivity contribution is -0.841. The topological polar surface area (TPSA) is 9.23 Å². The van der Waals surface area contributed by atoms with E-state index in [9.17, 15) is 0 Å². The molecule has 0 aromatic rings. The minimum absolute atomic E-state index is 0.770. The van der Waals surface area contributed by atoms with E-state index in [0.29, 0.717) is 0 Å². The number of fused-ring (bicyclic) bond motifs is 2. The van der Waals surface area contributed by atoms with Crippen LogP contribution in [0.15, 0.2) is 0 Å². The highest BCUT2D eigenvalue weighted by molar-refractivity contribution is 7.74. The summed E-state index contributed by atoms with van der Waals surface area (Å²) in [6.07, 6.45) is 6.76. The second-order valence-corrected chi connectivity index (χ2v) is 6.19. The minimum atomic E-state index is 0.770. The number of ether oxygens (including phenoxy) is 1. The number of nitrogens with zero attached hydrogens (tertiary/aromatic N) is 1. The highest BCUT2D eigenvalue weighted by Crippen LogP contribution is 2.43. The van der Waals surface area contributed by atoms with E-state index in [-0.39, 0.29) is 0 Å². The van der Waals surface area contributed by atoms with Gasteiger partial charge in [-0.1, -0.05) is 0 Å². The van der Waals surface area contributed by atoms with E-state index in [2.05, 4.69) is 14.0 Å². The molecule has 0 aliphatic carbocycles. The second-order valence-electron chi connectivity index (χ2n) is 5.33. The van der Waals surface area contributed by atoms with Crippen molar-refractivity contribution in [2.75, 3.05) is 20.3 Å². The molecule has 2 atom stereocenters. The van der Waals surface area contributed by atoms with Crippen LogP contribution < -0.4 is 0 Å². The van der Waals surface area contributed by atoms with Gasteiger partial charge in [0.2, 0.25) is 0 Å². The average Bonchev–Trinajstić information content (AvgIpc) is 2.14. The standard InChI is InChI=1S/C12H24NOS/c1-3-14-9-10-7-11-5-4-6-12(8-10)13(11,2)15/h10-12,15H,3-9H2,1-2H3/q+1. The van der Waals surface area contributed by atoms with E-state index in [1.165, 1.54) is 32.1 Å². The van der Waals surface area contributed by atoms with Crippen molar-refractivity contribution in [3.8, 4) is 0 Å². The van der Waals surface area contributed by atoms with Crippen LogP contribution in [-0.2, 0) is 4.74 Å². The van der Waals surface area contributed by atoms with Crippen molar-refractivity contribution in [3.63, 3.8) is 0 Å². The maximum absolute atomic E-state index is 5.57. The van der Waals surface area contributed by atoms with Crippen molar-refractivity contribution in [2.24, 2.45) is 5.92 Å². The van der Waals surface area contributed by atoms with E-state index < -0.39 is 0 Å². The second kappa shape index (κ2) is 4.64. The zero-order valence-corrected chi connectivity index (χ0v) is 10.9. The highest BCUT2D eigenvalue weighted by atomic mass is 32.1. The Morgan fingerprint density at radius 3 is 2.40 bits per heavy atom. The molecule has 2 aliphatic rings. The molecule has 2 unspecified atom stereocenters. The molecule has 2 nitrogen and oxygen atoms in total. The van der Waals surface area contributed by atoms with Gasteiger partial charge in [-0.25, -0.2) is 0 Å². The largest absolute Gasteiger partial charge is 0.381 e. The first-order valence-corrected chi connectivity index (χ1v) is 6.71. The molecule has 2 rings (SSSR count). The molecule has 0 radical (unpaired) electrons. The fourth-order valence-corrected chi connectivity index (χ4v) is 3.78. The molecule has 3 heteroatoms. The minimum Gasteiger partial charge on any atom is -0.381 e. The number of hydrogen-bond donors (Lipinski definition) is 1. The van der Waals surface area contributed by atoms with Crippen molar-refractivity contribution in [1.29, 1.82) is 0 Å². The lowest BCUT2D eigenvalue weighted by Crippen LogP contribution is -2.59. The Hall–Kier alpha value is 0.270. The van der Waals surface area contributed by atoms with Crippen molar-refractivity contribution in [2.45, 2.75) is 51.1 Å². The van der Waals surface area contributed by atoms with E-state index in [1.54, 1.807) is 0 Å². The van der Waals surface area contributed by atoms with Gasteiger partial charge < -0.3 is 4.74 Å². The zero-order valence-electron chi connectivity index (χ0n) is 9.98. The third-order valence-corrected chi connectivity index (χ3v) is 4.97. The molecule has 0 aromatic heterocycles. The predicted molar refractivity (Wildman–Crippen MR) is 65.8 cm³/mol. The summed E-state index contributed by atoms with van der Waals surface area (Å²) in [5.41, 5.74) is 0. The van der Waals surface area contributed by atoms with Crippen LogP contribution in [0.5, 0.6) is 0 Å². The Labute approximate surface area is 99.1 Å². The van der Waals surface area contributed by atoms with Crippen LogP contribution in [0.3, 0.4) is 0 Å². The molecule has 0 N–H and O–H groups in total. The van der Waals surface area contributed by atoms with Crippen LogP contribution in [0.25, 0.3) is 0 Å². The van der Waals surface area contributed by atoms with Gasteiger partial charge in [-0.2, -0.15) is 0 Å². The summed E-state index contributed by atoms with van der Waals surface area (Å²) in [6.45, 7) is 3.92. The molecule has 15 heavy (non-hydrogen) atoms. The molecule has 0 spiro atoms. The molecule has 0 aromatic carbocycles. The van der Waals surface area contributed by atoms with E-state index in [0.717, 1.165) is 35.1 Å². The van der Waals surface area contributed by atoms with Gasteiger partial charge in [0.25, 0.3) is 0 Å². The fraction of sp³-hybridized carbons (Fsp3) is 1.00. The van der Waals surface area contributed by atoms with Crippen LogP contribution in [-0.4, -0.2) is 36.2 Å². The van der Waals surface area contributed by atoms with Gasteiger partial charge in [0, 0.05) is 38.9 Å². The summed E-state index contributed by atoms with van der Waals surface area (Å²) < 4.78 is 6.55. The summed E-state index contributed by atoms with van der Waals surface area (Å²) in [7, 11) is 2.30. The van der Waals surface area contributed by atoms with Crippen LogP contribution in [0.2, 0.25) is 0 Å². The molecule has 2 aliphatic heterocycles. The molecule has 0 amide bonds. The third-order valence-electron chi connectivity index (χ3n) is 4.32. The van der Waals surface area contributed by atoms with Crippen LogP contribution in [0.1, 0.15) is 39.0 Å². The predicted octanol–water partition coefficient (Wildman–Crippen LogP) is 2.65. The van der Waals surface area contributed by atoms with Gasteiger partial charge in [0.05, 0.1) is 31.9 Å². The van der Waals surface area contributed by atoms with Gasteiger partial charge in [0.1, 0.15) is 0 Å². The highest BCUT2D eigenvalue weighted by Gasteiger charge is 2.47. The van der Waals surface area contributed by atoms with Gasteiger partial charge in [0.15, 0.2) is 0 Å². The van der Waals surface area contributed by atoms with Crippen molar-refractivity contribution in [1.82, 2.24) is 0 Å². The monoisotopic (exact) mass is 230 g/mol. The number of piperidine rings is 2. The lowest BCUT2D eigenvalue weighted by Gasteiger charge is -2.51. The average molecular weight is 230 g/mol. The molecule has 2 fully saturated rings. The number of hydrogen-bond acceptors (Lipinski definition) is 2. The van der Waals surface area contributed by atoms with Gasteiger partial charge in [-0.15, -0.1) is 0 Å². The summed E-state index contributed by atoms with van der Waals surface area (Å²) in [5.74, 6) is 0.790. The van der Waals surface area contributed by atoms with Crippen LogP contribution >= 0.6 is 12.8 Å².